The number of carbonyl (C=O) groups excluding carboxylic acids is 1. The Balaban J connectivity index is 1.76. The molecule has 7 nitrogen and oxygen atoms in total. The number of aromatic nitrogens is 2. The second kappa shape index (κ2) is 7.03. The maximum atomic E-state index is 12.5. The van der Waals surface area contributed by atoms with Crippen molar-refractivity contribution in [3.05, 3.63) is 52.6 Å². The summed E-state index contributed by atoms with van der Waals surface area (Å²) in [5, 5.41) is 9.20. The summed E-state index contributed by atoms with van der Waals surface area (Å²) < 4.78 is 29.4. The molecule has 9 heteroatoms. The van der Waals surface area contributed by atoms with E-state index in [0.717, 1.165) is 0 Å². The Bertz CT molecular complexity index is 873. The van der Waals surface area contributed by atoms with Crippen LogP contribution in [-0.2, 0) is 13.1 Å². The van der Waals surface area contributed by atoms with Crippen molar-refractivity contribution < 1.29 is 28.2 Å². The van der Waals surface area contributed by atoms with Gasteiger partial charge in [-0.2, -0.15) is 0 Å². The molecule has 0 aliphatic carbocycles. The third kappa shape index (κ3) is 3.46. The molecule has 1 aliphatic rings. The van der Waals surface area contributed by atoms with Gasteiger partial charge in [-0.05, 0) is 24.6 Å². The number of fused-ring (bicyclic) bond motifs is 1. The van der Waals surface area contributed by atoms with Crippen LogP contribution in [0.25, 0.3) is 0 Å². The summed E-state index contributed by atoms with van der Waals surface area (Å²) in [5.41, 5.74) is 1.70. The first-order valence-electron chi connectivity index (χ1n) is 7.73. The third-order valence-corrected chi connectivity index (χ3v) is 3.96. The van der Waals surface area contributed by atoms with Gasteiger partial charge in [0, 0.05) is 23.9 Å². The minimum absolute atomic E-state index is 0.119. The van der Waals surface area contributed by atoms with Gasteiger partial charge in [-0.15, -0.1) is 0 Å². The molecule has 1 N–H and O–H groups in total. The second-order valence-corrected chi connectivity index (χ2v) is 5.80. The highest BCUT2D eigenvalue weighted by molar-refractivity contribution is 6.01. The average molecular weight is 363 g/mol. The molecule has 0 fully saturated rings. The molecule has 0 atom stereocenters. The van der Waals surface area contributed by atoms with Crippen molar-refractivity contribution in [2.45, 2.75) is 26.4 Å². The number of carbonyl (C=O) groups is 2. The maximum Gasteiger partial charge on any atom is 0.354 e. The Morgan fingerprint density at radius 3 is 2.85 bits per heavy atom. The molecule has 2 aromatic heterocycles. The van der Waals surface area contributed by atoms with Crippen molar-refractivity contribution in [2.24, 2.45) is 0 Å². The smallest absolute Gasteiger partial charge is 0.354 e. The lowest BCUT2D eigenvalue weighted by Gasteiger charge is -2.16. The van der Waals surface area contributed by atoms with E-state index in [9.17, 15) is 23.5 Å². The van der Waals surface area contributed by atoms with Gasteiger partial charge in [-0.3, -0.25) is 9.78 Å². The normalized spacial score (nSPS) is 13.2. The first-order valence-corrected chi connectivity index (χ1v) is 7.73. The Morgan fingerprint density at radius 1 is 1.42 bits per heavy atom. The van der Waals surface area contributed by atoms with E-state index in [1.807, 2.05) is 0 Å². The highest BCUT2D eigenvalue weighted by Gasteiger charge is 2.32. The quantitative estimate of drug-likeness (QED) is 0.846. The molecular formula is C17H15F2N3O4. The van der Waals surface area contributed by atoms with E-state index in [4.69, 9.17) is 4.74 Å². The van der Waals surface area contributed by atoms with Gasteiger partial charge < -0.3 is 14.7 Å². The van der Waals surface area contributed by atoms with Crippen LogP contribution in [0.15, 0.2) is 24.5 Å². The van der Waals surface area contributed by atoms with Gasteiger partial charge in [0.2, 0.25) is 0 Å². The molecule has 3 heterocycles. The van der Waals surface area contributed by atoms with Crippen LogP contribution < -0.4 is 4.74 Å². The number of carboxylic acid groups (broad SMARTS) is 1. The Morgan fingerprint density at radius 2 is 2.19 bits per heavy atom. The zero-order valence-corrected chi connectivity index (χ0v) is 13.8. The zero-order chi connectivity index (χ0) is 18.8. The third-order valence-electron chi connectivity index (χ3n) is 3.96. The van der Waals surface area contributed by atoms with E-state index < -0.39 is 19.0 Å². The first-order chi connectivity index (χ1) is 12.4. The van der Waals surface area contributed by atoms with Crippen LogP contribution in [0, 0.1) is 6.92 Å². The molecule has 0 unspecified atom stereocenters. The summed E-state index contributed by atoms with van der Waals surface area (Å²) in [4.78, 5) is 33.1. The summed E-state index contributed by atoms with van der Waals surface area (Å²) in [5.74, 6) is -1.24. The van der Waals surface area contributed by atoms with Gasteiger partial charge in [0.05, 0.1) is 18.4 Å². The van der Waals surface area contributed by atoms with Crippen molar-refractivity contribution in [3.8, 4) is 5.75 Å². The monoisotopic (exact) mass is 363 g/mol. The molecular weight excluding hydrogens is 348 g/mol. The number of nitrogens with zero attached hydrogens (tertiary/aromatic N) is 3. The zero-order valence-electron chi connectivity index (χ0n) is 13.8. The average Bonchev–Trinajstić information content (AvgIpc) is 2.90. The lowest BCUT2D eigenvalue weighted by atomic mass is 10.1. The molecule has 0 saturated heterocycles. The number of ether oxygens (including phenoxy) is 1. The summed E-state index contributed by atoms with van der Waals surface area (Å²) in [6.07, 6.45) is 0.0542. The van der Waals surface area contributed by atoms with Crippen LogP contribution in [0.1, 0.15) is 37.7 Å². The number of hydrogen-bond donors (Lipinski definition) is 1. The van der Waals surface area contributed by atoms with Crippen LogP contribution in [0.5, 0.6) is 5.75 Å². The number of aromatic carboxylic acids is 1. The minimum Gasteiger partial charge on any atom is -0.486 e. The van der Waals surface area contributed by atoms with Crippen LogP contribution in [0.4, 0.5) is 8.78 Å². The molecule has 26 heavy (non-hydrogen) atoms. The topological polar surface area (TPSA) is 92.6 Å². The number of amides is 1. The lowest BCUT2D eigenvalue weighted by molar-refractivity contribution is 0.0685. The number of alkyl halides is 2. The standard InChI is InChI=1S/C17H15F2N3O4/c1-9-4-10(21-5-13(9)26-8-14(18)19)6-22-7-12-11(16(22)23)2-3-20-15(12)17(24)25/h2-5,14H,6-8H2,1H3,(H,24,25). The van der Waals surface area contributed by atoms with E-state index in [0.29, 0.717) is 22.4 Å². The molecule has 0 saturated carbocycles. The molecule has 3 rings (SSSR count). The van der Waals surface area contributed by atoms with Gasteiger partial charge in [0.25, 0.3) is 12.3 Å². The van der Waals surface area contributed by atoms with E-state index in [1.54, 1.807) is 13.0 Å². The number of halogens is 2. The molecule has 2 aromatic rings. The fraction of sp³-hybridized carbons (Fsp3) is 0.294. The van der Waals surface area contributed by atoms with Crippen LogP contribution in [0.3, 0.4) is 0 Å². The van der Waals surface area contributed by atoms with Crippen LogP contribution >= 0.6 is 0 Å². The Hall–Kier alpha value is -3.10. The molecule has 1 amide bonds. The maximum absolute atomic E-state index is 12.5. The van der Waals surface area contributed by atoms with Gasteiger partial charge >= 0.3 is 5.97 Å². The molecule has 1 aliphatic heterocycles. The van der Waals surface area contributed by atoms with Gasteiger partial charge in [-0.25, -0.2) is 18.6 Å². The highest BCUT2D eigenvalue weighted by Crippen LogP contribution is 2.27. The van der Waals surface area contributed by atoms with Crippen LogP contribution in [0.2, 0.25) is 0 Å². The minimum atomic E-state index is -2.58. The van der Waals surface area contributed by atoms with Crippen molar-refractivity contribution in [1.82, 2.24) is 14.9 Å². The van der Waals surface area contributed by atoms with E-state index in [2.05, 4.69) is 9.97 Å². The van der Waals surface area contributed by atoms with Gasteiger partial charge in [-0.1, -0.05) is 0 Å². The number of aryl methyl sites for hydroxylation is 1. The van der Waals surface area contributed by atoms with E-state index >= 15 is 0 Å². The van der Waals surface area contributed by atoms with Crippen molar-refractivity contribution in [3.63, 3.8) is 0 Å². The Labute approximate surface area is 147 Å². The van der Waals surface area contributed by atoms with Gasteiger partial charge in [0.15, 0.2) is 5.69 Å². The van der Waals surface area contributed by atoms with Crippen molar-refractivity contribution >= 4 is 11.9 Å². The van der Waals surface area contributed by atoms with Gasteiger partial charge in [0.1, 0.15) is 12.4 Å². The SMILES string of the molecule is Cc1cc(CN2Cc3c(ccnc3C(=O)O)C2=O)ncc1OCC(F)F. The number of pyridine rings is 2. The van der Waals surface area contributed by atoms with Crippen molar-refractivity contribution in [2.75, 3.05) is 6.61 Å². The predicted octanol–water partition coefficient (Wildman–Crippen LogP) is 2.28. The summed E-state index contributed by atoms with van der Waals surface area (Å²) >= 11 is 0. The summed E-state index contributed by atoms with van der Waals surface area (Å²) in [6.45, 7) is 1.25. The fourth-order valence-electron chi connectivity index (χ4n) is 2.79. The number of hydrogen-bond acceptors (Lipinski definition) is 5. The highest BCUT2D eigenvalue weighted by atomic mass is 19.3. The first kappa shape index (κ1) is 17.7. The predicted molar refractivity (Wildman–Crippen MR) is 85.2 cm³/mol. The molecule has 0 bridgehead atoms. The fourth-order valence-corrected chi connectivity index (χ4v) is 2.79. The summed E-state index contributed by atoms with van der Waals surface area (Å²) in [6, 6.07) is 3.14. The Kier molecular flexibility index (Phi) is 4.79. The summed E-state index contributed by atoms with van der Waals surface area (Å²) in [7, 11) is 0. The lowest BCUT2D eigenvalue weighted by Crippen LogP contribution is -2.24. The second-order valence-electron chi connectivity index (χ2n) is 5.80. The van der Waals surface area contributed by atoms with Crippen LogP contribution in [-0.4, -0.2) is 44.9 Å². The van der Waals surface area contributed by atoms with Crippen molar-refractivity contribution in [1.29, 1.82) is 0 Å². The number of rotatable bonds is 6. The van der Waals surface area contributed by atoms with E-state index in [1.165, 1.54) is 23.4 Å². The molecule has 0 spiro atoms. The number of carboxylic acids is 1. The molecule has 0 radical (unpaired) electrons. The molecule has 136 valence electrons. The van der Waals surface area contributed by atoms with E-state index in [-0.39, 0.29) is 30.4 Å². The molecule has 0 aromatic carbocycles. The largest absolute Gasteiger partial charge is 0.486 e.